The summed E-state index contributed by atoms with van der Waals surface area (Å²) in [6.07, 6.45) is 7.78. The first-order valence-electron chi connectivity index (χ1n) is 6.54. The number of rotatable bonds is 11. The molecule has 0 aromatic heterocycles. The highest BCUT2D eigenvalue weighted by atomic mass is 16.5. The molecule has 0 spiro atoms. The molecule has 0 unspecified atom stereocenters. The first kappa shape index (κ1) is 15.9. The van der Waals surface area contributed by atoms with Crippen LogP contribution in [0.1, 0.15) is 64.7 Å². The standard InChI is InChI=1S/C13H24O4/c1-2-3-4-5-6-7-10-13(16)17-11-8-9-12(14)15/h2-11H2,1H3,(H,14,15). The minimum absolute atomic E-state index is 0.0598. The smallest absolute Gasteiger partial charge is 0.305 e. The van der Waals surface area contributed by atoms with Crippen LogP contribution >= 0.6 is 0 Å². The molecule has 100 valence electrons. The van der Waals surface area contributed by atoms with Gasteiger partial charge in [0.15, 0.2) is 0 Å². The molecule has 0 aliphatic heterocycles. The Balaban J connectivity index is 3.20. The van der Waals surface area contributed by atoms with E-state index in [-0.39, 0.29) is 19.0 Å². The second kappa shape index (κ2) is 11.4. The van der Waals surface area contributed by atoms with Gasteiger partial charge in [0.1, 0.15) is 0 Å². The van der Waals surface area contributed by atoms with Crippen molar-refractivity contribution in [3.63, 3.8) is 0 Å². The van der Waals surface area contributed by atoms with Crippen LogP contribution in [-0.4, -0.2) is 23.7 Å². The van der Waals surface area contributed by atoms with Crippen molar-refractivity contribution in [3.8, 4) is 0 Å². The number of carboxylic acids is 1. The molecular formula is C13H24O4. The van der Waals surface area contributed by atoms with Crippen molar-refractivity contribution >= 4 is 11.9 Å². The van der Waals surface area contributed by atoms with Crippen molar-refractivity contribution < 1.29 is 19.4 Å². The van der Waals surface area contributed by atoms with E-state index in [1.807, 2.05) is 0 Å². The van der Waals surface area contributed by atoms with Crippen LogP contribution in [0.25, 0.3) is 0 Å². The summed E-state index contributed by atoms with van der Waals surface area (Å²) in [5, 5.41) is 8.38. The fourth-order valence-electron chi connectivity index (χ4n) is 1.53. The Morgan fingerprint density at radius 1 is 0.941 bits per heavy atom. The third-order valence-electron chi connectivity index (χ3n) is 2.53. The molecule has 0 aliphatic rings. The van der Waals surface area contributed by atoms with Crippen molar-refractivity contribution in [1.29, 1.82) is 0 Å². The zero-order valence-corrected chi connectivity index (χ0v) is 10.7. The van der Waals surface area contributed by atoms with E-state index >= 15 is 0 Å². The van der Waals surface area contributed by atoms with Gasteiger partial charge in [0.25, 0.3) is 0 Å². The molecule has 0 aromatic carbocycles. The first-order valence-corrected chi connectivity index (χ1v) is 6.54. The number of unbranched alkanes of at least 4 members (excludes halogenated alkanes) is 5. The van der Waals surface area contributed by atoms with E-state index in [0.29, 0.717) is 12.8 Å². The van der Waals surface area contributed by atoms with Gasteiger partial charge in [0, 0.05) is 12.8 Å². The molecule has 1 N–H and O–H groups in total. The van der Waals surface area contributed by atoms with Crippen molar-refractivity contribution in [3.05, 3.63) is 0 Å². The zero-order valence-electron chi connectivity index (χ0n) is 10.7. The minimum atomic E-state index is -0.850. The summed E-state index contributed by atoms with van der Waals surface area (Å²) in [4.78, 5) is 21.4. The molecule has 0 saturated carbocycles. The molecule has 0 aliphatic carbocycles. The Labute approximate surface area is 103 Å². The van der Waals surface area contributed by atoms with Crippen molar-refractivity contribution in [1.82, 2.24) is 0 Å². The molecule has 0 radical (unpaired) electrons. The lowest BCUT2D eigenvalue weighted by atomic mass is 10.1. The fraction of sp³-hybridized carbons (Fsp3) is 0.846. The van der Waals surface area contributed by atoms with Gasteiger partial charge < -0.3 is 9.84 Å². The molecule has 0 aromatic rings. The van der Waals surface area contributed by atoms with Crippen LogP contribution in [-0.2, 0) is 14.3 Å². The number of hydrogen-bond donors (Lipinski definition) is 1. The lowest BCUT2D eigenvalue weighted by molar-refractivity contribution is -0.145. The monoisotopic (exact) mass is 244 g/mol. The second-order valence-corrected chi connectivity index (χ2v) is 4.24. The summed E-state index contributed by atoms with van der Waals surface area (Å²) in [6, 6.07) is 0. The lowest BCUT2D eigenvalue weighted by Gasteiger charge is -2.03. The molecule has 0 heterocycles. The van der Waals surface area contributed by atoms with Crippen LogP contribution in [0.15, 0.2) is 0 Å². The van der Waals surface area contributed by atoms with E-state index in [4.69, 9.17) is 9.84 Å². The zero-order chi connectivity index (χ0) is 12.9. The highest BCUT2D eigenvalue weighted by Crippen LogP contribution is 2.07. The fourth-order valence-corrected chi connectivity index (χ4v) is 1.53. The molecule has 0 saturated heterocycles. The lowest BCUT2D eigenvalue weighted by Crippen LogP contribution is -2.07. The third-order valence-corrected chi connectivity index (χ3v) is 2.53. The molecule has 0 bridgehead atoms. The van der Waals surface area contributed by atoms with Gasteiger partial charge in [-0.15, -0.1) is 0 Å². The molecule has 0 atom stereocenters. The maximum Gasteiger partial charge on any atom is 0.305 e. The van der Waals surface area contributed by atoms with Crippen LogP contribution in [0.4, 0.5) is 0 Å². The molecule has 0 rings (SSSR count). The first-order chi connectivity index (χ1) is 8.16. The van der Waals surface area contributed by atoms with Crippen LogP contribution in [0.3, 0.4) is 0 Å². The second-order valence-electron chi connectivity index (χ2n) is 4.24. The quantitative estimate of drug-likeness (QED) is 0.448. The predicted molar refractivity (Wildman–Crippen MR) is 65.8 cm³/mol. The Bertz CT molecular complexity index is 213. The maximum atomic E-state index is 11.2. The summed E-state index contributed by atoms with van der Waals surface area (Å²) in [5.41, 5.74) is 0. The summed E-state index contributed by atoms with van der Waals surface area (Å²) < 4.78 is 4.92. The van der Waals surface area contributed by atoms with E-state index in [2.05, 4.69) is 6.92 Å². The molecule has 0 amide bonds. The van der Waals surface area contributed by atoms with Crippen molar-refractivity contribution in [2.24, 2.45) is 0 Å². The minimum Gasteiger partial charge on any atom is -0.481 e. The maximum absolute atomic E-state index is 11.2. The molecule has 4 heteroatoms. The van der Waals surface area contributed by atoms with Crippen LogP contribution in [0.2, 0.25) is 0 Å². The average Bonchev–Trinajstić information content (AvgIpc) is 2.29. The number of carboxylic acid groups (broad SMARTS) is 1. The van der Waals surface area contributed by atoms with E-state index in [1.54, 1.807) is 0 Å². The van der Waals surface area contributed by atoms with Gasteiger partial charge in [0.2, 0.25) is 0 Å². The average molecular weight is 244 g/mol. The van der Waals surface area contributed by atoms with E-state index in [9.17, 15) is 9.59 Å². The number of hydrogen-bond acceptors (Lipinski definition) is 3. The number of carbonyl (C=O) groups excluding carboxylic acids is 1. The van der Waals surface area contributed by atoms with Gasteiger partial charge in [-0.25, -0.2) is 0 Å². The summed E-state index contributed by atoms with van der Waals surface area (Å²) in [7, 11) is 0. The van der Waals surface area contributed by atoms with Gasteiger partial charge >= 0.3 is 11.9 Å². The number of ether oxygens (including phenoxy) is 1. The Morgan fingerprint density at radius 3 is 2.24 bits per heavy atom. The van der Waals surface area contributed by atoms with Gasteiger partial charge in [-0.3, -0.25) is 9.59 Å². The van der Waals surface area contributed by atoms with Gasteiger partial charge in [0.05, 0.1) is 6.61 Å². The highest BCUT2D eigenvalue weighted by molar-refractivity contribution is 5.69. The third kappa shape index (κ3) is 12.9. The largest absolute Gasteiger partial charge is 0.481 e. The normalized spacial score (nSPS) is 10.2. The predicted octanol–water partition coefficient (Wildman–Crippen LogP) is 3.15. The van der Waals surface area contributed by atoms with Gasteiger partial charge in [-0.05, 0) is 12.8 Å². The summed E-state index contributed by atoms with van der Waals surface area (Å²) >= 11 is 0. The topological polar surface area (TPSA) is 63.6 Å². The Morgan fingerprint density at radius 2 is 1.59 bits per heavy atom. The van der Waals surface area contributed by atoms with Crippen molar-refractivity contribution in [2.75, 3.05) is 6.61 Å². The van der Waals surface area contributed by atoms with Crippen LogP contribution < -0.4 is 0 Å². The van der Waals surface area contributed by atoms with Gasteiger partial charge in [-0.2, -0.15) is 0 Å². The summed E-state index contributed by atoms with van der Waals surface area (Å²) in [6.45, 7) is 2.40. The van der Waals surface area contributed by atoms with E-state index < -0.39 is 5.97 Å². The molecule has 0 fully saturated rings. The highest BCUT2D eigenvalue weighted by Gasteiger charge is 2.03. The molecule has 17 heavy (non-hydrogen) atoms. The van der Waals surface area contributed by atoms with E-state index in [1.165, 1.54) is 25.7 Å². The Hall–Kier alpha value is -1.06. The molecular weight excluding hydrogens is 220 g/mol. The van der Waals surface area contributed by atoms with Crippen molar-refractivity contribution in [2.45, 2.75) is 64.7 Å². The van der Waals surface area contributed by atoms with Gasteiger partial charge in [-0.1, -0.05) is 39.0 Å². The van der Waals surface area contributed by atoms with Crippen LogP contribution in [0, 0.1) is 0 Å². The number of esters is 1. The van der Waals surface area contributed by atoms with E-state index in [0.717, 1.165) is 12.8 Å². The number of carbonyl (C=O) groups is 2. The molecule has 4 nitrogen and oxygen atoms in total. The summed E-state index contributed by atoms with van der Waals surface area (Å²) in [5.74, 6) is -1.05. The Kier molecular flexibility index (Phi) is 10.7. The number of aliphatic carboxylic acids is 1. The SMILES string of the molecule is CCCCCCCCC(=O)OCCCC(=O)O. The van der Waals surface area contributed by atoms with Crippen LogP contribution in [0.5, 0.6) is 0 Å².